The van der Waals surface area contributed by atoms with Gasteiger partial charge in [0.05, 0.1) is 34.1 Å². The maximum absolute atomic E-state index is 15.2. The number of hydrogen-bond donors (Lipinski definition) is 5. The number of carboxylic acids is 2. The number of hydrogen-bond acceptors (Lipinski definition) is 11. The third-order valence-corrected chi connectivity index (χ3v) is 7.79. The number of methoxy groups -OCH3 is 1. The lowest BCUT2D eigenvalue weighted by Crippen LogP contribution is -2.39. The zero-order chi connectivity index (χ0) is 36.4. The van der Waals surface area contributed by atoms with Crippen molar-refractivity contribution >= 4 is 51.3 Å². The predicted octanol–water partition coefficient (Wildman–Crippen LogP) is 3.20. The highest BCUT2D eigenvalue weighted by Gasteiger charge is 2.30. The molecule has 0 aliphatic carbocycles. The Morgan fingerprint density at radius 2 is 1.58 bits per heavy atom. The summed E-state index contributed by atoms with van der Waals surface area (Å²) in [7, 11) is 1.24. The average Bonchev–Trinajstić information content (AvgIpc) is 3.49. The summed E-state index contributed by atoms with van der Waals surface area (Å²) in [4.78, 5) is 46.6. The summed E-state index contributed by atoms with van der Waals surface area (Å²) in [6.07, 6.45) is -3.29. The van der Waals surface area contributed by atoms with Crippen molar-refractivity contribution in [2.24, 2.45) is 0 Å². The molecule has 0 fully saturated rings. The van der Waals surface area contributed by atoms with Crippen LogP contribution in [0.2, 0.25) is 5.02 Å². The Morgan fingerprint density at radius 3 is 2.20 bits per heavy atom. The maximum Gasteiger partial charge on any atom is 0.335 e. The molecule has 0 spiro atoms. The van der Waals surface area contributed by atoms with E-state index in [2.05, 4.69) is 15.1 Å². The molecular formula is C32H26ClF2N7O8. The lowest BCUT2D eigenvalue weighted by molar-refractivity contribution is -0.165. The van der Waals surface area contributed by atoms with Crippen molar-refractivity contribution < 1.29 is 43.5 Å². The molecule has 0 radical (unpaired) electrons. The van der Waals surface area contributed by atoms with Crippen LogP contribution in [-0.4, -0.2) is 81.0 Å². The van der Waals surface area contributed by atoms with E-state index in [0.717, 1.165) is 0 Å². The van der Waals surface area contributed by atoms with E-state index in [4.69, 9.17) is 47.5 Å². The van der Waals surface area contributed by atoms with E-state index in [1.807, 2.05) is 6.07 Å². The molecule has 0 saturated heterocycles. The highest BCUT2D eigenvalue weighted by molar-refractivity contribution is 6.35. The number of nitrogens with zero attached hydrogens (tertiary/aromatic N) is 6. The summed E-state index contributed by atoms with van der Waals surface area (Å²) in [6.45, 7) is 1.76. The van der Waals surface area contributed by atoms with E-state index in [1.165, 1.54) is 34.8 Å². The smallest absolute Gasteiger partial charge is 0.335 e. The van der Waals surface area contributed by atoms with Crippen molar-refractivity contribution in [1.82, 2.24) is 29.3 Å². The quantitative estimate of drug-likeness (QED) is 0.153. The standard InChI is InChI=1S/C28H20ClF2N7O2.C4H6O6/c1-14(26-35-18-10-6-9-17(29)20(18)28(39)37(26)15-7-4-3-5-8-15)38-27-21(25(32)33-13-34-27)24(36-38)16-11-12-19(40-2)23(31)22(16)30;5-1(3(7)8)2(6)4(9)10/h3-14H,1-2H3,(H2,32,33,34);1-2,5-6H,(H,7,8)(H,9,10). The second-order valence-corrected chi connectivity index (χ2v) is 10.9. The van der Waals surface area contributed by atoms with Gasteiger partial charge in [-0.3, -0.25) is 9.36 Å². The molecule has 0 aliphatic heterocycles. The van der Waals surface area contributed by atoms with Gasteiger partial charge in [-0.05, 0) is 43.3 Å². The number of rotatable bonds is 8. The van der Waals surface area contributed by atoms with Crippen LogP contribution in [0.15, 0.2) is 71.8 Å². The van der Waals surface area contributed by atoms with Crippen LogP contribution in [-0.2, 0) is 9.59 Å². The number of para-hydroxylation sites is 1. The second kappa shape index (κ2) is 14.2. The largest absolute Gasteiger partial charge is 0.494 e. The number of ether oxygens (including phenoxy) is 1. The van der Waals surface area contributed by atoms with E-state index in [1.54, 1.807) is 49.4 Å². The van der Waals surface area contributed by atoms with E-state index < -0.39 is 41.8 Å². The molecule has 3 heterocycles. The van der Waals surface area contributed by atoms with Crippen LogP contribution in [0.3, 0.4) is 0 Å². The summed E-state index contributed by atoms with van der Waals surface area (Å²) in [5.74, 6) is -5.80. The van der Waals surface area contributed by atoms with Gasteiger partial charge in [0.1, 0.15) is 29.7 Å². The first-order chi connectivity index (χ1) is 23.8. The summed E-state index contributed by atoms with van der Waals surface area (Å²) < 4.78 is 37.7. The lowest BCUT2D eigenvalue weighted by Gasteiger charge is -2.19. The fraction of sp³-hybridized carbons (Fsp3) is 0.156. The zero-order valence-corrected chi connectivity index (χ0v) is 26.7. The summed E-state index contributed by atoms with van der Waals surface area (Å²) in [6, 6.07) is 15.9. The highest BCUT2D eigenvalue weighted by atomic mass is 35.5. The van der Waals surface area contributed by atoms with Crippen molar-refractivity contribution in [2.75, 3.05) is 12.8 Å². The van der Waals surface area contributed by atoms with Crippen molar-refractivity contribution in [3.63, 3.8) is 0 Å². The first-order valence-electron chi connectivity index (χ1n) is 14.4. The third kappa shape index (κ3) is 6.39. The van der Waals surface area contributed by atoms with Crippen molar-refractivity contribution in [2.45, 2.75) is 25.2 Å². The minimum Gasteiger partial charge on any atom is -0.494 e. The molecule has 6 N–H and O–H groups in total. The van der Waals surface area contributed by atoms with Gasteiger partial charge in [-0.1, -0.05) is 35.9 Å². The number of aliphatic carboxylic acids is 2. The molecule has 258 valence electrons. The van der Waals surface area contributed by atoms with Gasteiger partial charge in [0.25, 0.3) is 5.56 Å². The Bertz CT molecular complexity index is 2300. The molecule has 50 heavy (non-hydrogen) atoms. The van der Waals surface area contributed by atoms with Gasteiger partial charge in [-0.2, -0.15) is 9.49 Å². The lowest BCUT2D eigenvalue weighted by atomic mass is 10.1. The van der Waals surface area contributed by atoms with Gasteiger partial charge in [0.2, 0.25) is 5.82 Å². The number of aromatic nitrogens is 6. The highest BCUT2D eigenvalue weighted by Crippen LogP contribution is 2.36. The van der Waals surface area contributed by atoms with Crippen molar-refractivity contribution in [3.8, 4) is 22.7 Å². The summed E-state index contributed by atoms with van der Waals surface area (Å²) >= 11 is 6.41. The van der Waals surface area contributed by atoms with Gasteiger partial charge >= 0.3 is 11.9 Å². The van der Waals surface area contributed by atoms with E-state index >= 15 is 4.39 Å². The van der Waals surface area contributed by atoms with Crippen LogP contribution < -0.4 is 16.0 Å². The first-order valence-corrected chi connectivity index (χ1v) is 14.8. The van der Waals surface area contributed by atoms with E-state index in [9.17, 15) is 18.8 Å². The van der Waals surface area contributed by atoms with Gasteiger partial charge in [0, 0.05) is 5.56 Å². The van der Waals surface area contributed by atoms with Crippen LogP contribution in [0.4, 0.5) is 14.6 Å². The van der Waals surface area contributed by atoms with E-state index in [0.29, 0.717) is 17.0 Å². The van der Waals surface area contributed by atoms with Gasteiger partial charge in [-0.25, -0.2) is 33.6 Å². The third-order valence-electron chi connectivity index (χ3n) is 7.47. The number of carbonyl (C=O) groups is 2. The van der Waals surface area contributed by atoms with Gasteiger partial charge in [0.15, 0.2) is 29.4 Å². The molecule has 0 bridgehead atoms. The van der Waals surface area contributed by atoms with Gasteiger partial charge in [-0.15, -0.1) is 0 Å². The summed E-state index contributed by atoms with van der Waals surface area (Å²) in [5.41, 5.74) is 6.87. The number of aliphatic hydroxyl groups excluding tert-OH is 2. The van der Waals surface area contributed by atoms with Crippen LogP contribution >= 0.6 is 11.6 Å². The number of carboxylic acid groups (broad SMARTS) is 2. The average molecular weight is 710 g/mol. The maximum atomic E-state index is 15.2. The van der Waals surface area contributed by atoms with Gasteiger partial charge < -0.3 is 30.9 Å². The van der Waals surface area contributed by atoms with Crippen LogP contribution in [0, 0.1) is 11.6 Å². The topological polar surface area (TPSA) is 229 Å². The fourth-order valence-corrected chi connectivity index (χ4v) is 5.27. The molecule has 6 rings (SSSR count). The number of nitrogens with two attached hydrogens (primary N) is 1. The molecule has 0 saturated carbocycles. The van der Waals surface area contributed by atoms with Crippen LogP contribution in [0.1, 0.15) is 18.8 Å². The second-order valence-electron chi connectivity index (χ2n) is 10.5. The first kappa shape index (κ1) is 35.3. The Morgan fingerprint density at radius 1 is 0.920 bits per heavy atom. The molecule has 6 aromatic rings. The number of aliphatic hydroxyl groups is 2. The molecule has 0 aliphatic rings. The SMILES string of the molecule is COc1ccc(-c2nn(C(C)c3nc4cccc(Cl)c4c(=O)n3-c3ccccc3)c3ncnc(N)c23)c(F)c1F.O=C(O)C(O)C(O)C(=O)O. The van der Waals surface area contributed by atoms with Crippen LogP contribution in [0.5, 0.6) is 5.75 Å². The molecule has 3 aromatic carbocycles. The molecule has 15 nitrogen and oxygen atoms in total. The molecule has 0 amide bonds. The molecule has 3 atom stereocenters. The molecule has 18 heteroatoms. The van der Waals surface area contributed by atoms with Crippen molar-refractivity contribution in [1.29, 1.82) is 0 Å². The van der Waals surface area contributed by atoms with Crippen LogP contribution in [0.25, 0.3) is 38.9 Å². The molecule has 3 unspecified atom stereocenters. The Labute approximate surface area is 284 Å². The summed E-state index contributed by atoms with van der Waals surface area (Å²) in [5, 5.41) is 37.9. The minimum absolute atomic E-state index is 0.0211. The molecule has 3 aromatic heterocycles. The number of nitrogen functional groups attached to an aromatic ring is 1. The fourth-order valence-electron chi connectivity index (χ4n) is 5.02. The monoisotopic (exact) mass is 709 g/mol. The molecular weight excluding hydrogens is 684 g/mol. The number of fused-ring (bicyclic) bond motifs is 2. The predicted molar refractivity (Wildman–Crippen MR) is 175 cm³/mol. The zero-order valence-electron chi connectivity index (χ0n) is 25.9. The Kier molecular flexibility index (Phi) is 10.0. The normalized spacial score (nSPS) is 12.9. The number of anilines is 1. The van der Waals surface area contributed by atoms with E-state index in [-0.39, 0.29) is 49.8 Å². The number of benzene rings is 3. The minimum atomic E-state index is -2.27. The Hall–Kier alpha value is -6.04. The number of halogens is 3. The Balaban J connectivity index is 0.000000425. The van der Waals surface area contributed by atoms with Crippen molar-refractivity contribution in [3.05, 3.63) is 99.8 Å².